The predicted molar refractivity (Wildman–Crippen MR) is 208 cm³/mol. The molecule has 0 atom stereocenters. The van der Waals surface area contributed by atoms with Crippen molar-refractivity contribution in [3.8, 4) is 22.5 Å². The Bertz CT molecular complexity index is 2970. The molecule has 0 saturated carbocycles. The number of benzene rings is 8. The molecule has 2 heteroatoms. The molecule has 0 fully saturated rings. The number of hydrogen-bond acceptors (Lipinski definition) is 0. The van der Waals surface area contributed by atoms with Crippen molar-refractivity contribution in [2.24, 2.45) is 0 Å². The van der Waals surface area contributed by atoms with Gasteiger partial charge in [0.1, 0.15) is 0 Å². The summed E-state index contributed by atoms with van der Waals surface area (Å²) in [5, 5.41) is 11.7. The minimum absolute atomic E-state index is 0.111. The van der Waals surface area contributed by atoms with Gasteiger partial charge in [-0.2, -0.15) is 0 Å². The van der Waals surface area contributed by atoms with Gasteiger partial charge < -0.3 is 9.13 Å². The van der Waals surface area contributed by atoms with Crippen molar-refractivity contribution in [1.82, 2.24) is 9.13 Å². The Hall–Kier alpha value is -6.12. The second-order valence-electron chi connectivity index (χ2n) is 14.2. The highest BCUT2D eigenvalue weighted by molar-refractivity contribution is 6.26. The van der Waals surface area contributed by atoms with Crippen LogP contribution in [0.2, 0.25) is 0 Å². The topological polar surface area (TPSA) is 9.86 Å². The summed E-state index contributed by atoms with van der Waals surface area (Å²) in [5.74, 6) is 0. The first-order chi connectivity index (χ1) is 24.1. The molecule has 0 N–H and O–H groups in total. The van der Waals surface area contributed by atoms with E-state index in [9.17, 15) is 0 Å². The Morgan fingerprint density at radius 1 is 0.408 bits per heavy atom. The van der Waals surface area contributed by atoms with Crippen LogP contribution in [0.4, 0.5) is 0 Å². The quantitative estimate of drug-likeness (QED) is 0.169. The van der Waals surface area contributed by atoms with Gasteiger partial charge in [-0.15, -0.1) is 0 Å². The molecule has 0 radical (unpaired) electrons. The van der Waals surface area contributed by atoms with E-state index in [0.29, 0.717) is 0 Å². The van der Waals surface area contributed by atoms with E-state index in [4.69, 9.17) is 0 Å². The Balaban J connectivity index is 1.12. The lowest BCUT2D eigenvalue weighted by atomic mass is 9.74. The monoisotopic (exact) mass is 624 g/mol. The summed E-state index contributed by atoms with van der Waals surface area (Å²) in [6.45, 7) is 4.75. The maximum Gasteiger partial charge on any atom is 0.0635 e. The zero-order chi connectivity index (χ0) is 32.4. The van der Waals surface area contributed by atoms with Gasteiger partial charge in [0.2, 0.25) is 0 Å². The average Bonchev–Trinajstić information content (AvgIpc) is 3.74. The molecule has 2 nitrogen and oxygen atoms in total. The third-order valence-electron chi connectivity index (χ3n) is 11.3. The fourth-order valence-corrected chi connectivity index (χ4v) is 8.98. The molecule has 1 aliphatic rings. The van der Waals surface area contributed by atoms with Crippen LogP contribution >= 0.6 is 0 Å². The summed E-state index contributed by atoms with van der Waals surface area (Å²) in [6, 6.07) is 56.3. The van der Waals surface area contributed by atoms with Crippen LogP contribution in [0.15, 0.2) is 158 Å². The minimum Gasteiger partial charge on any atom is -0.316 e. The van der Waals surface area contributed by atoms with Crippen molar-refractivity contribution >= 4 is 65.0 Å². The molecule has 230 valence electrons. The molecular weight excluding hydrogens is 593 g/mol. The molecule has 1 aliphatic heterocycles. The lowest BCUT2D eigenvalue weighted by Gasteiger charge is -2.34. The molecule has 10 aromatic rings. The van der Waals surface area contributed by atoms with Crippen LogP contribution in [0, 0.1) is 0 Å². The maximum absolute atomic E-state index is 2.48. The van der Waals surface area contributed by atoms with Crippen molar-refractivity contribution in [2.75, 3.05) is 0 Å². The van der Waals surface area contributed by atoms with Crippen molar-refractivity contribution in [3.63, 3.8) is 0 Å². The van der Waals surface area contributed by atoms with E-state index in [1.807, 2.05) is 0 Å². The highest BCUT2D eigenvalue weighted by Crippen LogP contribution is 2.48. The SMILES string of the molecule is CC1(C)c2ccccc2-n2ccc3c2c1cc1c2ccccc2n(-c2ccc(-c4ccc5c6ccccc6c6ccccc6c5c4)cc2)c13. The number of nitrogens with zero attached hydrogens (tertiary/aromatic N) is 2. The third-order valence-corrected chi connectivity index (χ3v) is 11.3. The van der Waals surface area contributed by atoms with E-state index < -0.39 is 0 Å². The van der Waals surface area contributed by atoms with Crippen LogP contribution in [0.1, 0.15) is 25.0 Å². The van der Waals surface area contributed by atoms with Gasteiger partial charge in [0, 0.05) is 39.1 Å². The number of fused-ring (bicyclic) bond motifs is 12. The summed E-state index contributed by atoms with van der Waals surface area (Å²) in [5.41, 5.74) is 11.3. The maximum atomic E-state index is 2.48. The van der Waals surface area contributed by atoms with Gasteiger partial charge >= 0.3 is 0 Å². The Labute approximate surface area is 284 Å². The van der Waals surface area contributed by atoms with E-state index in [-0.39, 0.29) is 5.41 Å². The predicted octanol–water partition coefficient (Wildman–Crippen LogP) is 12.5. The van der Waals surface area contributed by atoms with Gasteiger partial charge in [-0.3, -0.25) is 0 Å². The van der Waals surface area contributed by atoms with Gasteiger partial charge in [-0.05, 0) is 97.0 Å². The molecule has 49 heavy (non-hydrogen) atoms. The van der Waals surface area contributed by atoms with Gasteiger partial charge in [0.25, 0.3) is 0 Å². The molecular formula is C47H32N2. The van der Waals surface area contributed by atoms with E-state index in [0.717, 1.165) is 0 Å². The lowest BCUT2D eigenvalue weighted by molar-refractivity contribution is 0.629. The second kappa shape index (κ2) is 9.49. The highest BCUT2D eigenvalue weighted by atomic mass is 15.0. The summed E-state index contributed by atoms with van der Waals surface area (Å²) in [4.78, 5) is 0. The molecule has 0 unspecified atom stereocenters. The normalized spacial score (nSPS) is 13.7. The molecule has 0 spiro atoms. The fourth-order valence-electron chi connectivity index (χ4n) is 8.98. The van der Waals surface area contributed by atoms with Crippen molar-refractivity contribution in [3.05, 3.63) is 169 Å². The lowest BCUT2D eigenvalue weighted by Crippen LogP contribution is -2.26. The molecule has 0 amide bonds. The summed E-state index contributed by atoms with van der Waals surface area (Å²) in [6.07, 6.45) is 2.26. The standard InChI is InChI=1S/C47H32N2/c1-47(2)41-16-8-10-18-44(41)48-26-25-38-45-40(28-42(47)46(38)48)37-15-7-9-17-43(37)49(45)31-22-19-29(20-23-31)30-21-24-36-34-13-4-3-11-32(34)33-12-5-6-14-35(33)39(36)27-30/h3-28H,1-2H3. The first-order valence-corrected chi connectivity index (χ1v) is 17.2. The minimum atomic E-state index is -0.111. The van der Waals surface area contributed by atoms with Gasteiger partial charge in [0.05, 0.1) is 16.6 Å². The molecule has 0 aliphatic carbocycles. The van der Waals surface area contributed by atoms with Crippen LogP contribution < -0.4 is 0 Å². The number of rotatable bonds is 2. The Kier molecular flexibility index (Phi) is 5.21. The first kappa shape index (κ1) is 26.9. The number of para-hydroxylation sites is 2. The van der Waals surface area contributed by atoms with E-state index in [1.54, 1.807) is 0 Å². The second-order valence-corrected chi connectivity index (χ2v) is 14.2. The first-order valence-electron chi connectivity index (χ1n) is 17.2. The van der Waals surface area contributed by atoms with Crippen LogP contribution in [0.5, 0.6) is 0 Å². The van der Waals surface area contributed by atoms with E-state index in [2.05, 4.69) is 181 Å². The Morgan fingerprint density at radius 2 is 1.00 bits per heavy atom. The van der Waals surface area contributed by atoms with Gasteiger partial charge in [-0.25, -0.2) is 0 Å². The molecule has 0 saturated heterocycles. The molecule has 2 aromatic heterocycles. The average molecular weight is 625 g/mol. The smallest absolute Gasteiger partial charge is 0.0635 e. The van der Waals surface area contributed by atoms with Gasteiger partial charge in [0.15, 0.2) is 0 Å². The van der Waals surface area contributed by atoms with Crippen LogP contribution in [0.3, 0.4) is 0 Å². The third kappa shape index (κ3) is 3.50. The molecule has 0 bridgehead atoms. The van der Waals surface area contributed by atoms with Gasteiger partial charge in [-0.1, -0.05) is 123 Å². The number of aromatic nitrogens is 2. The zero-order valence-electron chi connectivity index (χ0n) is 27.4. The summed E-state index contributed by atoms with van der Waals surface area (Å²) < 4.78 is 4.88. The zero-order valence-corrected chi connectivity index (χ0v) is 27.4. The van der Waals surface area contributed by atoms with E-state index in [1.165, 1.54) is 98.7 Å². The molecule has 3 heterocycles. The van der Waals surface area contributed by atoms with Crippen LogP contribution in [-0.2, 0) is 5.41 Å². The summed E-state index contributed by atoms with van der Waals surface area (Å²) >= 11 is 0. The Morgan fingerprint density at radius 3 is 1.73 bits per heavy atom. The highest BCUT2D eigenvalue weighted by Gasteiger charge is 2.35. The van der Waals surface area contributed by atoms with E-state index >= 15 is 0 Å². The van der Waals surface area contributed by atoms with Crippen molar-refractivity contribution in [2.45, 2.75) is 19.3 Å². The van der Waals surface area contributed by atoms with Crippen molar-refractivity contribution in [1.29, 1.82) is 0 Å². The number of hydrogen-bond donors (Lipinski definition) is 0. The van der Waals surface area contributed by atoms with Crippen LogP contribution in [0.25, 0.3) is 87.5 Å². The largest absolute Gasteiger partial charge is 0.316 e. The fraction of sp³-hybridized carbons (Fsp3) is 0.0638. The molecule has 11 rings (SSSR count). The molecule has 8 aromatic carbocycles. The summed E-state index contributed by atoms with van der Waals surface area (Å²) in [7, 11) is 0. The van der Waals surface area contributed by atoms with Crippen LogP contribution in [-0.4, -0.2) is 9.13 Å². The van der Waals surface area contributed by atoms with Crippen molar-refractivity contribution < 1.29 is 0 Å².